The number of hydrogen-bond donors (Lipinski definition) is 2. The number of carbonyl (C=O) groups excluding carboxylic acids is 1. The molecule has 2 N–H and O–H groups in total. The summed E-state index contributed by atoms with van der Waals surface area (Å²) in [6.07, 6.45) is 57.7. The van der Waals surface area contributed by atoms with Crippen LogP contribution < -0.4 is 10.2 Å². The van der Waals surface area contributed by atoms with E-state index < -0.39 is 20.0 Å². The third-order valence-corrected chi connectivity index (χ3v) is 13.7. The zero-order valence-electron chi connectivity index (χ0n) is 43.3. The first-order valence-electron chi connectivity index (χ1n) is 27.7. The summed E-state index contributed by atoms with van der Waals surface area (Å²) in [5.74, 6) is -0.166. The summed E-state index contributed by atoms with van der Waals surface area (Å²) < 4.78 is 23.4. The van der Waals surface area contributed by atoms with Crippen LogP contribution in [0.15, 0.2) is 24.3 Å². The highest BCUT2D eigenvalue weighted by atomic mass is 31.2. The van der Waals surface area contributed by atoms with Gasteiger partial charge in [0, 0.05) is 6.42 Å². The van der Waals surface area contributed by atoms with E-state index in [0.717, 1.165) is 44.9 Å². The Bertz CT molecular complexity index is 1090. The lowest BCUT2D eigenvalue weighted by molar-refractivity contribution is -0.870. The van der Waals surface area contributed by atoms with Crippen LogP contribution in [-0.4, -0.2) is 68.5 Å². The first kappa shape index (κ1) is 63.0. The van der Waals surface area contributed by atoms with Crippen LogP contribution in [0.3, 0.4) is 0 Å². The van der Waals surface area contributed by atoms with Gasteiger partial charge < -0.3 is 28.8 Å². The number of unbranched alkanes of at least 4 members (excludes halogenated alkanes) is 34. The van der Waals surface area contributed by atoms with E-state index in [2.05, 4.69) is 43.5 Å². The van der Waals surface area contributed by atoms with Gasteiger partial charge in [0.1, 0.15) is 13.2 Å². The van der Waals surface area contributed by atoms with Gasteiger partial charge in [-0.2, -0.15) is 0 Å². The molecule has 0 bridgehead atoms. The van der Waals surface area contributed by atoms with Crippen LogP contribution in [0.4, 0.5) is 0 Å². The van der Waals surface area contributed by atoms with Crippen molar-refractivity contribution in [2.45, 2.75) is 283 Å². The number of amides is 1. The molecule has 0 heterocycles. The average Bonchev–Trinajstić information content (AvgIpc) is 3.25. The Kier molecular flexibility index (Phi) is 46.3. The Morgan fingerprint density at radius 3 is 1.33 bits per heavy atom. The molecule has 64 heavy (non-hydrogen) atoms. The normalized spacial score (nSPS) is 14.2. The minimum atomic E-state index is -4.57. The Labute approximate surface area is 398 Å². The molecule has 0 aromatic heterocycles. The number of likely N-dealkylation sites (N-methyl/N-ethyl adjacent to an activating group) is 1. The van der Waals surface area contributed by atoms with Gasteiger partial charge in [-0.05, 0) is 44.9 Å². The number of carbonyl (C=O) groups is 1. The standard InChI is InChI=1S/C55H109N2O6P/c1-6-8-10-12-14-16-18-20-22-24-26-27-28-29-31-32-34-36-38-40-42-44-46-48-54(58)53(52-63-64(60,61)62-51-50-57(3,4)5)56-55(59)49-47-45-43-41-39-37-35-33-30-25-23-21-19-17-15-13-11-9-7-2/h15,17,21,23,53-54,58H,6-14,16,18-20,22,24-52H2,1-5H3,(H-,56,59,60,61)/b17-15-,23-21-. The van der Waals surface area contributed by atoms with E-state index in [9.17, 15) is 19.4 Å². The predicted octanol–water partition coefficient (Wildman–Crippen LogP) is 15.8. The van der Waals surface area contributed by atoms with Crippen LogP contribution in [-0.2, 0) is 18.4 Å². The van der Waals surface area contributed by atoms with Crippen LogP contribution in [0.2, 0.25) is 0 Å². The zero-order valence-corrected chi connectivity index (χ0v) is 44.1. The highest BCUT2D eigenvalue weighted by molar-refractivity contribution is 7.45. The maximum absolute atomic E-state index is 13.0. The fourth-order valence-electron chi connectivity index (χ4n) is 8.31. The molecule has 0 aliphatic carbocycles. The molecule has 0 aliphatic rings. The van der Waals surface area contributed by atoms with Crippen molar-refractivity contribution in [1.82, 2.24) is 5.32 Å². The Morgan fingerprint density at radius 1 is 0.547 bits per heavy atom. The molecular weight excluding hydrogens is 816 g/mol. The molecule has 8 nitrogen and oxygen atoms in total. The highest BCUT2D eigenvalue weighted by Crippen LogP contribution is 2.38. The number of phosphoric acid groups is 1. The maximum Gasteiger partial charge on any atom is 0.268 e. The average molecular weight is 925 g/mol. The van der Waals surface area contributed by atoms with Crippen molar-refractivity contribution in [1.29, 1.82) is 0 Å². The molecule has 0 rings (SSSR count). The highest BCUT2D eigenvalue weighted by Gasteiger charge is 2.24. The molecule has 0 aromatic carbocycles. The molecule has 3 atom stereocenters. The molecule has 0 aliphatic heterocycles. The van der Waals surface area contributed by atoms with Crippen LogP contribution in [0, 0.1) is 0 Å². The van der Waals surface area contributed by atoms with E-state index in [1.165, 1.54) is 199 Å². The fourth-order valence-corrected chi connectivity index (χ4v) is 9.03. The molecule has 9 heteroatoms. The second-order valence-corrected chi connectivity index (χ2v) is 21.7. The molecule has 380 valence electrons. The topological polar surface area (TPSA) is 108 Å². The van der Waals surface area contributed by atoms with Crippen molar-refractivity contribution in [3.05, 3.63) is 24.3 Å². The monoisotopic (exact) mass is 925 g/mol. The first-order chi connectivity index (χ1) is 31.0. The third kappa shape index (κ3) is 48.9. The largest absolute Gasteiger partial charge is 0.756 e. The second kappa shape index (κ2) is 47.1. The Hall–Kier alpha value is -1.02. The van der Waals surface area contributed by atoms with Crippen molar-refractivity contribution in [3.63, 3.8) is 0 Å². The molecule has 3 unspecified atom stereocenters. The van der Waals surface area contributed by atoms with Crippen molar-refractivity contribution in [3.8, 4) is 0 Å². The zero-order chi connectivity index (χ0) is 47.1. The lowest BCUT2D eigenvalue weighted by atomic mass is 10.0. The van der Waals surface area contributed by atoms with E-state index in [1.54, 1.807) is 0 Å². The van der Waals surface area contributed by atoms with Crippen LogP contribution in [0.1, 0.15) is 271 Å². The number of hydrogen-bond acceptors (Lipinski definition) is 6. The van der Waals surface area contributed by atoms with Crippen molar-refractivity contribution in [2.75, 3.05) is 40.9 Å². The van der Waals surface area contributed by atoms with Gasteiger partial charge in [0.15, 0.2) is 0 Å². The molecule has 0 saturated heterocycles. The quantitative estimate of drug-likeness (QED) is 0.0272. The van der Waals surface area contributed by atoms with Gasteiger partial charge in [-0.25, -0.2) is 0 Å². The molecule has 1 amide bonds. The smallest absolute Gasteiger partial charge is 0.268 e. The van der Waals surface area contributed by atoms with E-state index in [4.69, 9.17) is 9.05 Å². The number of nitrogens with zero attached hydrogens (tertiary/aromatic N) is 1. The van der Waals surface area contributed by atoms with Crippen LogP contribution in [0.5, 0.6) is 0 Å². The first-order valence-corrected chi connectivity index (χ1v) is 29.1. The van der Waals surface area contributed by atoms with Gasteiger partial charge in [-0.3, -0.25) is 9.36 Å². The van der Waals surface area contributed by atoms with Crippen molar-refractivity contribution >= 4 is 13.7 Å². The van der Waals surface area contributed by atoms with Crippen molar-refractivity contribution in [2.24, 2.45) is 0 Å². The minimum Gasteiger partial charge on any atom is -0.756 e. The number of rotatable bonds is 51. The van der Waals surface area contributed by atoms with Crippen LogP contribution in [0.25, 0.3) is 0 Å². The van der Waals surface area contributed by atoms with Gasteiger partial charge in [-0.1, -0.05) is 244 Å². The molecule has 0 fully saturated rings. The number of aliphatic hydroxyl groups excluding tert-OH is 1. The SMILES string of the molecule is CCCCC/C=C\C/C=C\CCCCCCCCCCCC(=O)NC(COP(=O)([O-])OCC[N+](C)(C)C)C(O)CCCCCCCCCCCCCCCCCCCCCCCCC. The molecule has 0 spiro atoms. The van der Waals surface area contributed by atoms with Gasteiger partial charge in [0.25, 0.3) is 7.82 Å². The van der Waals surface area contributed by atoms with Gasteiger partial charge in [-0.15, -0.1) is 0 Å². The molecule has 0 saturated carbocycles. The number of nitrogens with one attached hydrogen (secondary N) is 1. The summed E-state index contributed by atoms with van der Waals surface area (Å²) in [4.78, 5) is 25.5. The predicted molar refractivity (Wildman–Crippen MR) is 275 cm³/mol. The van der Waals surface area contributed by atoms with E-state index in [0.29, 0.717) is 23.9 Å². The molecule has 0 aromatic rings. The lowest BCUT2D eigenvalue weighted by Gasteiger charge is -2.30. The second-order valence-electron chi connectivity index (χ2n) is 20.3. The number of phosphoric ester groups is 1. The molecular formula is C55H109N2O6P. The lowest BCUT2D eigenvalue weighted by Crippen LogP contribution is -2.46. The van der Waals surface area contributed by atoms with E-state index in [-0.39, 0.29) is 19.1 Å². The van der Waals surface area contributed by atoms with Gasteiger partial charge >= 0.3 is 0 Å². The summed E-state index contributed by atoms with van der Waals surface area (Å²) in [7, 11) is 1.31. The van der Waals surface area contributed by atoms with E-state index in [1.807, 2.05) is 21.1 Å². The fraction of sp³-hybridized carbons (Fsp3) is 0.909. The summed E-state index contributed by atoms with van der Waals surface area (Å²) in [6.45, 7) is 4.73. The summed E-state index contributed by atoms with van der Waals surface area (Å²) in [6, 6.07) is -0.802. The van der Waals surface area contributed by atoms with Gasteiger partial charge in [0.05, 0.1) is 39.9 Å². The number of allylic oxidation sites excluding steroid dienone is 4. The van der Waals surface area contributed by atoms with Crippen molar-refractivity contribution < 1.29 is 32.9 Å². The summed E-state index contributed by atoms with van der Waals surface area (Å²) >= 11 is 0. The van der Waals surface area contributed by atoms with Gasteiger partial charge in [0.2, 0.25) is 5.91 Å². The maximum atomic E-state index is 13.0. The van der Waals surface area contributed by atoms with E-state index >= 15 is 0 Å². The third-order valence-electron chi connectivity index (χ3n) is 12.7. The Morgan fingerprint density at radius 2 is 0.906 bits per heavy atom. The number of aliphatic hydroxyl groups is 1. The summed E-state index contributed by atoms with van der Waals surface area (Å²) in [5.41, 5.74) is 0. The molecule has 0 radical (unpaired) electrons. The number of quaternary nitrogens is 1. The Balaban J connectivity index is 4.19. The minimum absolute atomic E-state index is 0.0124. The summed E-state index contributed by atoms with van der Waals surface area (Å²) in [5, 5.41) is 14.0. The van der Waals surface area contributed by atoms with Crippen LogP contribution >= 0.6 is 7.82 Å².